The Kier molecular flexibility index (Phi) is 4.37. The number of fused-ring (bicyclic) bond motifs is 2. The van der Waals surface area contributed by atoms with E-state index < -0.39 is 0 Å². The summed E-state index contributed by atoms with van der Waals surface area (Å²) in [4.78, 5) is 16.2. The van der Waals surface area contributed by atoms with Crippen molar-refractivity contribution in [3.05, 3.63) is 28.9 Å². The van der Waals surface area contributed by atoms with Crippen LogP contribution in [0.3, 0.4) is 0 Å². The average Bonchev–Trinajstić information content (AvgIpc) is 3.40. The predicted octanol–water partition coefficient (Wildman–Crippen LogP) is 3.13. The van der Waals surface area contributed by atoms with Crippen LogP contribution in [-0.2, 0) is 6.42 Å². The van der Waals surface area contributed by atoms with Crippen molar-refractivity contribution in [2.24, 2.45) is 5.73 Å². The first kappa shape index (κ1) is 17.7. The number of benzene rings is 1. The maximum atomic E-state index is 6.65. The van der Waals surface area contributed by atoms with Crippen LogP contribution >= 0.6 is 23.4 Å². The largest absolute Gasteiger partial charge is 0.354 e. The van der Waals surface area contributed by atoms with Crippen LogP contribution in [0.4, 0.5) is 5.82 Å². The number of hydrogen-bond donors (Lipinski definition) is 3. The minimum Gasteiger partial charge on any atom is -0.354 e. The van der Waals surface area contributed by atoms with Gasteiger partial charge in [0.2, 0.25) is 0 Å². The average molecular weight is 415 g/mol. The maximum absolute atomic E-state index is 6.65. The lowest BCUT2D eigenvalue weighted by molar-refractivity contribution is 0.751. The van der Waals surface area contributed by atoms with Gasteiger partial charge in [0, 0.05) is 29.7 Å². The van der Waals surface area contributed by atoms with Crippen molar-refractivity contribution in [3.63, 3.8) is 0 Å². The SMILES string of the molecule is CCc1[nH]c2nc(Sc3ccc4[nH]nnc4c3)nc(N3CC[C@H](N)C3)c2c1Cl. The first-order valence-electron chi connectivity index (χ1n) is 9.19. The lowest BCUT2D eigenvalue weighted by atomic mass is 10.3. The van der Waals surface area contributed by atoms with Crippen molar-refractivity contribution in [1.82, 2.24) is 30.4 Å². The molecule has 144 valence electrons. The fourth-order valence-electron chi connectivity index (χ4n) is 3.56. The van der Waals surface area contributed by atoms with Gasteiger partial charge in [-0.2, -0.15) is 0 Å². The van der Waals surface area contributed by atoms with Gasteiger partial charge < -0.3 is 15.6 Å². The van der Waals surface area contributed by atoms with E-state index in [9.17, 15) is 0 Å². The first-order chi connectivity index (χ1) is 13.6. The van der Waals surface area contributed by atoms with E-state index in [0.29, 0.717) is 10.2 Å². The highest BCUT2D eigenvalue weighted by atomic mass is 35.5. The minimum absolute atomic E-state index is 0.152. The molecule has 28 heavy (non-hydrogen) atoms. The molecule has 8 nitrogen and oxygen atoms in total. The Hall–Kier alpha value is -2.36. The van der Waals surface area contributed by atoms with Gasteiger partial charge in [-0.25, -0.2) is 9.97 Å². The van der Waals surface area contributed by atoms with Gasteiger partial charge in [0.15, 0.2) is 5.16 Å². The molecule has 4 N–H and O–H groups in total. The fourth-order valence-corrected chi connectivity index (χ4v) is 4.70. The van der Waals surface area contributed by atoms with Crippen LogP contribution in [-0.4, -0.2) is 49.5 Å². The molecule has 4 aromatic rings. The van der Waals surface area contributed by atoms with Crippen molar-refractivity contribution in [1.29, 1.82) is 0 Å². The van der Waals surface area contributed by atoms with Crippen molar-refractivity contribution < 1.29 is 0 Å². The molecule has 0 radical (unpaired) electrons. The standard InChI is InChI=1S/C18H19ClN8S/c1-2-11-15(19)14-16(21-11)22-18(23-17(14)27-6-5-9(20)8-27)28-10-3-4-12-13(7-10)25-26-24-12/h3-4,7,9H,2,5-6,8,20H2,1H3,(H,21,22,23)(H,24,25,26)/t9-/m0/s1. The van der Waals surface area contributed by atoms with Crippen LogP contribution in [0.15, 0.2) is 28.3 Å². The smallest absolute Gasteiger partial charge is 0.196 e. The van der Waals surface area contributed by atoms with E-state index in [1.807, 2.05) is 18.2 Å². The second-order valence-corrected chi connectivity index (χ2v) is 8.33. The zero-order chi connectivity index (χ0) is 19.3. The lowest BCUT2D eigenvalue weighted by Crippen LogP contribution is -2.27. The Morgan fingerprint density at radius 3 is 3.04 bits per heavy atom. The van der Waals surface area contributed by atoms with E-state index in [-0.39, 0.29) is 6.04 Å². The highest BCUT2D eigenvalue weighted by Crippen LogP contribution is 2.37. The zero-order valence-corrected chi connectivity index (χ0v) is 16.8. The Labute approximate surface area is 170 Å². The summed E-state index contributed by atoms with van der Waals surface area (Å²) in [5.41, 5.74) is 9.58. The van der Waals surface area contributed by atoms with Gasteiger partial charge in [-0.3, -0.25) is 5.10 Å². The Bertz CT molecular complexity index is 1170. The molecule has 0 unspecified atom stereocenters. The van der Waals surface area contributed by atoms with E-state index in [1.54, 1.807) is 0 Å². The Morgan fingerprint density at radius 2 is 2.25 bits per heavy atom. The number of H-pyrrole nitrogens is 2. The summed E-state index contributed by atoms with van der Waals surface area (Å²) in [6.45, 7) is 3.70. The molecule has 0 bridgehead atoms. The van der Waals surface area contributed by atoms with Gasteiger partial charge in [-0.05, 0) is 42.8 Å². The summed E-state index contributed by atoms with van der Waals surface area (Å²) in [5.74, 6) is 0.851. The summed E-state index contributed by atoms with van der Waals surface area (Å²) < 4.78 is 0. The third-order valence-corrected chi connectivity index (χ3v) is 6.28. The molecule has 1 fully saturated rings. The summed E-state index contributed by atoms with van der Waals surface area (Å²) in [6, 6.07) is 6.09. The quantitative estimate of drug-likeness (QED) is 0.439. The Balaban J connectivity index is 1.60. The summed E-state index contributed by atoms with van der Waals surface area (Å²) in [7, 11) is 0. The van der Waals surface area contributed by atoms with Gasteiger partial charge >= 0.3 is 0 Å². The van der Waals surface area contributed by atoms with E-state index >= 15 is 0 Å². The van der Waals surface area contributed by atoms with E-state index in [1.165, 1.54) is 11.8 Å². The fraction of sp³-hybridized carbons (Fsp3) is 0.333. The van der Waals surface area contributed by atoms with Gasteiger partial charge in [0.1, 0.15) is 17.0 Å². The number of nitrogens with two attached hydrogens (primary N) is 1. The molecule has 1 aliphatic rings. The second-order valence-electron chi connectivity index (χ2n) is 6.91. The number of anilines is 1. The van der Waals surface area contributed by atoms with Gasteiger partial charge in [0.05, 0.1) is 15.9 Å². The molecule has 0 amide bonds. The molecular formula is C18H19ClN8S. The molecule has 10 heteroatoms. The zero-order valence-electron chi connectivity index (χ0n) is 15.2. The number of hydrogen-bond acceptors (Lipinski definition) is 7. The molecule has 0 saturated carbocycles. The van der Waals surface area contributed by atoms with Gasteiger partial charge in [0.25, 0.3) is 0 Å². The molecule has 1 aromatic carbocycles. The number of aromatic amines is 2. The number of aryl methyl sites for hydroxylation is 1. The molecule has 5 rings (SSSR count). The van der Waals surface area contributed by atoms with Crippen molar-refractivity contribution in [3.8, 4) is 0 Å². The number of nitrogens with one attached hydrogen (secondary N) is 2. The third-order valence-electron chi connectivity index (χ3n) is 5.01. The Morgan fingerprint density at radius 1 is 1.36 bits per heavy atom. The summed E-state index contributed by atoms with van der Waals surface area (Å²) >= 11 is 8.14. The summed E-state index contributed by atoms with van der Waals surface area (Å²) in [6.07, 6.45) is 1.75. The number of rotatable bonds is 4. The first-order valence-corrected chi connectivity index (χ1v) is 10.4. The highest BCUT2D eigenvalue weighted by molar-refractivity contribution is 7.99. The van der Waals surface area contributed by atoms with Crippen LogP contribution in [0.25, 0.3) is 22.1 Å². The molecule has 1 atom stereocenters. The predicted molar refractivity (Wildman–Crippen MR) is 111 cm³/mol. The van der Waals surface area contributed by atoms with Gasteiger partial charge in [-0.15, -0.1) is 5.10 Å². The number of nitrogens with zero attached hydrogens (tertiary/aromatic N) is 5. The molecule has 4 heterocycles. The number of halogens is 1. The topological polar surface area (TPSA) is 112 Å². The third kappa shape index (κ3) is 2.99. The van der Waals surface area contributed by atoms with Gasteiger partial charge in [-0.1, -0.05) is 23.7 Å². The van der Waals surface area contributed by atoms with E-state index in [2.05, 4.69) is 32.2 Å². The molecule has 3 aromatic heterocycles. The normalized spacial score (nSPS) is 17.2. The van der Waals surface area contributed by atoms with Crippen LogP contribution < -0.4 is 10.6 Å². The van der Waals surface area contributed by atoms with Crippen molar-refractivity contribution in [2.45, 2.75) is 35.9 Å². The monoisotopic (exact) mass is 414 g/mol. The molecule has 1 saturated heterocycles. The lowest BCUT2D eigenvalue weighted by Gasteiger charge is -2.18. The molecule has 1 aliphatic heterocycles. The van der Waals surface area contributed by atoms with E-state index in [4.69, 9.17) is 27.3 Å². The minimum atomic E-state index is 0.152. The molecular weight excluding hydrogens is 396 g/mol. The van der Waals surface area contributed by atoms with Crippen LogP contribution in [0.1, 0.15) is 19.0 Å². The van der Waals surface area contributed by atoms with Crippen LogP contribution in [0, 0.1) is 0 Å². The van der Waals surface area contributed by atoms with Crippen LogP contribution in [0.5, 0.6) is 0 Å². The number of aromatic nitrogens is 6. The van der Waals surface area contributed by atoms with E-state index in [0.717, 1.165) is 64.4 Å². The molecule has 0 spiro atoms. The molecule has 0 aliphatic carbocycles. The summed E-state index contributed by atoms with van der Waals surface area (Å²) in [5, 5.41) is 13.0. The van der Waals surface area contributed by atoms with Crippen LogP contribution in [0.2, 0.25) is 5.02 Å². The maximum Gasteiger partial charge on any atom is 0.196 e. The second kappa shape index (κ2) is 6.91. The highest BCUT2D eigenvalue weighted by Gasteiger charge is 2.26. The van der Waals surface area contributed by atoms with Crippen molar-refractivity contribution in [2.75, 3.05) is 18.0 Å². The van der Waals surface area contributed by atoms with Crippen molar-refractivity contribution >= 4 is 51.2 Å².